The smallest absolute Gasteiger partial charge is 0.327 e. The maximum Gasteiger partial charge on any atom is 0.327 e. The second kappa shape index (κ2) is 7.48. The first kappa shape index (κ1) is 17.2. The molecule has 1 aromatic carbocycles. The fraction of sp³-hybridized carbons (Fsp3) is 0.389. The highest BCUT2D eigenvalue weighted by molar-refractivity contribution is 5.94. The van der Waals surface area contributed by atoms with E-state index in [1.54, 1.807) is 16.8 Å². The number of likely N-dealkylation sites (N-methyl/N-ethyl adjacent to an activating group) is 1. The van der Waals surface area contributed by atoms with Crippen LogP contribution in [0.5, 0.6) is 0 Å². The van der Waals surface area contributed by atoms with Gasteiger partial charge in [-0.3, -0.25) is 14.3 Å². The van der Waals surface area contributed by atoms with Crippen LogP contribution in [0.1, 0.15) is 27.3 Å². The van der Waals surface area contributed by atoms with Gasteiger partial charge in [-0.25, -0.2) is 0 Å². The number of nitrogens with one attached hydrogen (secondary N) is 1. The Hall–Kier alpha value is -2.67. The molecule has 1 aliphatic heterocycles. The zero-order valence-corrected chi connectivity index (χ0v) is 14.5. The molecule has 0 bridgehead atoms. The molecule has 1 aliphatic rings. The Labute approximate surface area is 146 Å². The summed E-state index contributed by atoms with van der Waals surface area (Å²) in [6.07, 6.45) is 0.822. The highest BCUT2D eigenvalue weighted by Gasteiger charge is 2.24. The number of nitrogens with zero attached hydrogens (tertiary/aromatic N) is 3. The molecule has 0 fully saturated rings. The van der Waals surface area contributed by atoms with E-state index in [0.717, 1.165) is 36.5 Å². The van der Waals surface area contributed by atoms with E-state index in [1.807, 2.05) is 25.2 Å². The molecule has 2 heterocycles. The Balaban J connectivity index is 1.78. The van der Waals surface area contributed by atoms with Crippen molar-refractivity contribution in [1.82, 2.24) is 20.0 Å². The van der Waals surface area contributed by atoms with Crippen LogP contribution < -0.4 is 5.32 Å². The molecule has 1 N–H and O–H groups in total. The van der Waals surface area contributed by atoms with Crippen LogP contribution in [0.3, 0.4) is 0 Å². The van der Waals surface area contributed by atoms with E-state index in [1.165, 1.54) is 7.11 Å². The van der Waals surface area contributed by atoms with Crippen LogP contribution in [0.25, 0.3) is 0 Å². The van der Waals surface area contributed by atoms with Crippen molar-refractivity contribution in [1.29, 1.82) is 0 Å². The van der Waals surface area contributed by atoms with E-state index in [0.29, 0.717) is 12.1 Å². The molecule has 0 aliphatic carbocycles. The number of carbonyl (C=O) groups is 2. The standard InChI is InChI=1S/C18H22N4O3/c1-21-9-8-16-14(11-21)15(20-22(16)12-17(23)25-2)10-19-18(24)13-6-4-3-5-7-13/h3-7H,8-12H2,1-2H3,(H,19,24). The molecule has 132 valence electrons. The molecule has 7 nitrogen and oxygen atoms in total. The number of ether oxygens (including phenoxy) is 1. The Morgan fingerprint density at radius 1 is 1.28 bits per heavy atom. The first-order chi connectivity index (χ1) is 12.1. The molecular weight excluding hydrogens is 320 g/mol. The number of methoxy groups -OCH3 is 1. The minimum Gasteiger partial charge on any atom is -0.468 e. The van der Waals surface area contributed by atoms with Gasteiger partial charge in [0.1, 0.15) is 6.54 Å². The van der Waals surface area contributed by atoms with E-state index in [2.05, 4.69) is 15.3 Å². The average molecular weight is 342 g/mol. The number of hydrogen-bond acceptors (Lipinski definition) is 5. The lowest BCUT2D eigenvalue weighted by atomic mass is 10.1. The zero-order valence-electron chi connectivity index (χ0n) is 14.5. The summed E-state index contributed by atoms with van der Waals surface area (Å²) in [5.74, 6) is -0.467. The summed E-state index contributed by atoms with van der Waals surface area (Å²) >= 11 is 0. The van der Waals surface area contributed by atoms with Gasteiger partial charge in [-0.1, -0.05) is 18.2 Å². The second-order valence-electron chi connectivity index (χ2n) is 6.14. The van der Waals surface area contributed by atoms with Crippen LogP contribution in [-0.2, 0) is 35.6 Å². The van der Waals surface area contributed by atoms with Gasteiger partial charge >= 0.3 is 5.97 Å². The van der Waals surface area contributed by atoms with Crippen LogP contribution in [0, 0.1) is 0 Å². The topological polar surface area (TPSA) is 76.5 Å². The quantitative estimate of drug-likeness (QED) is 0.820. The molecule has 2 aromatic rings. The van der Waals surface area contributed by atoms with Gasteiger partial charge < -0.3 is 15.0 Å². The highest BCUT2D eigenvalue weighted by Crippen LogP contribution is 2.22. The number of hydrogen-bond donors (Lipinski definition) is 1. The van der Waals surface area contributed by atoms with Crippen LogP contribution in [0.4, 0.5) is 0 Å². The summed E-state index contributed by atoms with van der Waals surface area (Å²) in [5.41, 5.74) is 3.55. The molecular formula is C18H22N4O3. The number of benzene rings is 1. The number of esters is 1. The molecule has 1 amide bonds. The van der Waals surface area contributed by atoms with Crippen molar-refractivity contribution in [2.45, 2.75) is 26.1 Å². The van der Waals surface area contributed by atoms with E-state index in [9.17, 15) is 9.59 Å². The van der Waals surface area contributed by atoms with Gasteiger partial charge in [0.15, 0.2) is 0 Å². The van der Waals surface area contributed by atoms with Crippen LogP contribution in [0.15, 0.2) is 30.3 Å². The zero-order chi connectivity index (χ0) is 17.8. The number of aromatic nitrogens is 2. The SMILES string of the molecule is COC(=O)Cn1nc(CNC(=O)c2ccccc2)c2c1CCN(C)C2. The largest absolute Gasteiger partial charge is 0.468 e. The Kier molecular flexibility index (Phi) is 5.14. The molecule has 25 heavy (non-hydrogen) atoms. The average Bonchev–Trinajstić information content (AvgIpc) is 2.97. The third-order valence-electron chi connectivity index (χ3n) is 4.37. The molecule has 1 aromatic heterocycles. The first-order valence-corrected chi connectivity index (χ1v) is 8.24. The Morgan fingerprint density at radius 3 is 2.76 bits per heavy atom. The minimum atomic E-state index is -0.330. The van der Waals surface area contributed by atoms with Gasteiger partial charge in [-0.05, 0) is 19.2 Å². The number of carbonyl (C=O) groups excluding carboxylic acids is 2. The fourth-order valence-corrected chi connectivity index (χ4v) is 3.01. The lowest BCUT2D eigenvalue weighted by Gasteiger charge is -2.23. The molecule has 0 saturated heterocycles. The predicted octanol–water partition coefficient (Wildman–Crippen LogP) is 0.974. The van der Waals surface area contributed by atoms with Crippen molar-refractivity contribution in [2.75, 3.05) is 20.7 Å². The number of amides is 1. The second-order valence-corrected chi connectivity index (χ2v) is 6.14. The lowest BCUT2D eigenvalue weighted by molar-refractivity contribution is -0.141. The molecule has 0 spiro atoms. The van der Waals surface area contributed by atoms with Gasteiger partial charge in [0.2, 0.25) is 0 Å². The van der Waals surface area contributed by atoms with E-state index >= 15 is 0 Å². The summed E-state index contributed by atoms with van der Waals surface area (Å²) in [6.45, 7) is 2.09. The summed E-state index contributed by atoms with van der Waals surface area (Å²) in [7, 11) is 3.42. The third kappa shape index (κ3) is 3.88. The molecule has 3 rings (SSSR count). The lowest BCUT2D eigenvalue weighted by Crippen LogP contribution is -2.29. The molecule has 0 radical (unpaired) electrons. The summed E-state index contributed by atoms with van der Waals surface area (Å²) < 4.78 is 6.46. The Morgan fingerprint density at radius 2 is 2.04 bits per heavy atom. The summed E-state index contributed by atoms with van der Waals surface area (Å²) in [5, 5.41) is 7.47. The maximum atomic E-state index is 12.3. The number of rotatable bonds is 5. The van der Waals surface area contributed by atoms with Crippen LogP contribution >= 0.6 is 0 Å². The normalized spacial score (nSPS) is 14.0. The van der Waals surface area contributed by atoms with Gasteiger partial charge in [0.05, 0.1) is 19.3 Å². The summed E-state index contributed by atoms with van der Waals surface area (Å²) in [4.78, 5) is 26.1. The molecule has 7 heteroatoms. The summed E-state index contributed by atoms with van der Waals surface area (Å²) in [6, 6.07) is 9.08. The monoisotopic (exact) mass is 342 g/mol. The molecule has 0 saturated carbocycles. The fourth-order valence-electron chi connectivity index (χ4n) is 3.01. The van der Waals surface area contributed by atoms with E-state index in [-0.39, 0.29) is 18.4 Å². The maximum absolute atomic E-state index is 12.3. The predicted molar refractivity (Wildman–Crippen MR) is 91.9 cm³/mol. The van der Waals surface area contributed by atoms with Crippen molar-refractivity contribution < 1.29 is 14.3 Å². The number of fused-ring (bicyclic) bond motifs is 1. The van der Waals surface area contributed by atoms with Crippen LogP contribution in [-0.4, -0.2) is 47.3 Å². The third-order valence-corrected chi connectivity index (χ3v) is 4.37. The van der Waals surface area contributed by atoms with Crippen molar-refractivity contribution in [3.8, 4) is 0 Å². The van der Waals surface area contributed by atoms with E-state index in [4.69, 9.17) is 4.74 Å². The van der Waals surface area contributed by atoms with Crippen molar-refractivity contribution in [2.24, 2.45) is 0 Å². The molecule has 0 unspecified atom stereocenters. The van der Waals surface area contributed by atoms with Crippen molar-refractivity contribution in [3.63, 3.8) is 0 Å². The molecule has 0 atom stereocenters. The van der Waals surface area contributed by atoms with Gasteiger partial charge in [-0.2, -0.15) is 5.10 Å². The highest BCUT2D eigenvalue weighted by atomic mass is 16.5. The van der Waals surface area contributed by atoms with Crippen molar-refractivity contribution in [3.05, 3.63) is 52.8 Å². The van der Waals surface area contributed by atoms with Gasteiger partial charge in [0, 0.05) is 36.3 Å². The first-order valence-electron chi connectivity index (χ1n) is 8.24. The Bertz CT molecular complexity index is 770. The van der Waals surface area contributed by atoms with Crippen molar-refractivity contribution >= 4 is 11.9 Å². The van der Waals surface area contributed by atoms with Gasteiger partial charge in [-0.15, -0.1) is 0 Å². The van der Waals surface area contributed by atoms with Crippen LogP contribution in [0.2, 0.25) is 0 Å². The minimum absolute atomic E-state index is 0.0924. The van der Waals surface area contributed by atoms with Gasteiger partial charge in [0.25, 0.3) is 5.91 Å². The van der Waals surface area contributed by atoms with E-state index < -0.39 is 0 Å².